The normalized spacial score (nSPS) is 10.5. The lowest BCUT2D eigenvalue weighted by Gasteiger charge is -2.11. The van der Waals surface area contributed by atoms with Gasteiger partial charge in [-0.1, -0.05) is 6.07 Å². The fourth-order valence-corrected chi connectivity index (χ4v) is 2.43. The van der Waals surface area contributed by atoms with Crippen LogP contribution >= 0.6 is 0 Å². The summed E-state index contributed by atoms with van der Waals surface area (Å²) < 4.78 is 11.3. The van der Waals surface area contributed by atoms with E-state index < -0.39 is 0 Å². The summed E-state index contributed by atoms with van der Waals surface area (Å²) in [7, 11) is 0. The molecule has 0 atom stereocenters. The molecular formula is C18H17N5O2. The van der Waals surface area contributed by atoms with Gasteiger partial charge in [0.2, 0.25) is 11.8 Å². The smallest absolute Gasteiger partial charge is 0.237 e. The number of nitrogens with zero attached hydrogens (tertiary/aromatic N) is 4. The minimum Gasteiger partial charge on any atom is -0.470 e. The number of hydrogen-bond donors (Lipinski definition) is 1. The van der Waals surface area contributed by atoms with Gasteiger partial charge in [0, 0.05) is 6.20 Å². The SMILES string of the molecule is Cc1cnc(COc2nc(N)nc(-c3ccc(C)o3)c2C#N)c(C)c1. The van der Waals surface area contributed by atoms with Crippen LogP contribution in [0.4, 0.5) is 5.95 Å². The molecule has 0 bridgehead atoms. The molecule has 0 fully saturated rings. The highest BCUT2D eigenvalue weighted by atomic mass is 16.5. The Morgan fingerprint density at radius 3 is 2.68 bits per heavy atom. The fourth-order valence-electron chi connectivity index (χ4n) is 2.43. The molecule has 0 radical (unpaired) electrons. The molecule has 0 spiro atoms. The molecule has 3 aromatic rings. The molecule has 3 heterocycles. The quantitative estimate of drug-likeness (QED) is 0.779. The Balaban J connectivity index is 1.96. The summed E-state index contributed by atoms with van der Waals surface area (Å²) in [5.74, 6) is 1.27. The molecule has 0 aliphatic heterocycles. The standard InChI is InChI=1S/C18H17N5O2/c1-10-6-11(2)14(21-8-10)9-24-17-13(7-19)16(22-18(20)23-17)15-5-4-12(3)25-15/h4-6,8H,9H2,1-3H3,(H2,20,22,23). The van der Waals surface area contributed by atoms with Crippen molar-refractivity contribution in [3.63, 3.8) is 0 Å². The van der Waals surface area contributed by atoms with Crippen LogP contribution < -0.4 is 10.5 Å². The van der Waals surface area contributed by atoms with Gasteiger partial charge in [-0.15, -0.1) is 0 Å². The number of aromatic nitrogens is 3. The minimum absolute atomic E-state index is 0.00615. The maximum Gasteiger partial charge on any atom is 0.237 e. The van der Waals surface area contributed by atoms with Crippen LogP contribution in [0.15, 0.2) is 28.8 Å². The van der Waals surface area contributed by atoms with Gasteiger partial charge >= 0.3 is 0 Å². The number of nitrogen functional groups attached to an aromatic ring is 1. The molecule has 7 heteroatoms. The molecule has 0 amide bonds. The number of hydrogen-bond acceptors (Lipinski definition) is 7. The second kappa shape index (κ2) is 6.61. The first-order valence-corrected chi connectivity index (χ1v) is 7.67. The van der Waals surface area contributed by atoms with E-state index >= 15 is 0 Å². The van der Waals surface area contributed by atoms with Gasteiger partial charge in [-0.2, -0.15) is 10.2 Å². The van der Waals surface area contributed by atoms with Gasteiger partial charge < -0.3 is 14.9 Å². The van der Waals surface area contributed by atoms with Gasteiger partial charge in [0.25, 0.3) is 0 Å². The molecule has 3 aromatic heterocycles. The Bertz CT molecular complexity index is 972. The summed E-state index contributed by atoms with van der Waals surface area (Å²) in [6, 6.07) is 7.61. The van der Waals surface area contributed by atoms with Gasteiger partial charge in [-0.25, -0.2) is 4.98 Å². The molecule has 3 rings (SSSR count). The van der Waals surface area contributed by atoms with Gasteiger partial charge in [0.15, 0.2) is 5.76 Å². The largest absolute Gasteiger partial charge is 0.470 e. The highest BCUT2D eigenvalue weighted by molar-refractivity contribution is 5.66. The van der Waals surface area contributed by atoms with E-state index in [2.05, 4.69) is 21.0 Å². The maximum atomic E-state index is 9.54. The predicted molar refractivity (Wildman–Crippen MR) is 91.6 cm³/mol. The molecule has 0 aliphatic rings. The summed E-state index contributed by atoms with van der Waals surface area (Å²) in [6.45, 7) is 5.91. The first-order valence-electron chi connectivity index (χ1n) is 7.67. The van der Waals surface area contributed by atoms with Gasteiger partial charge in [0.05, 0.1) is 5.69 Å². The second-order valence-electron chi connectivity index (χ2n) is 5.70. The van der Waals surface area contributed by atoms with Crippen molar-refractivity contribution >= 4 is 5.95 Å². The lowest BCUT2D eigenvalue weighted by molar-refractivity contribution is 0.287. The number of pyridine rings is 1. The predicted octanol–water partition coefficient (Wildman–Crippen LogP) is 3.09. The lowest BCUT2D eigenvalue weighted by atomic mass is 10.2. The number of aryl methyl sites for hydroxylation is 3. The van der Waals surface area contributed by atoms with E-state index in [1.807, 2.05) is 26.8 Å². The minimum atomic E-state index is 0.00615. The number of ether oxygens (including phenoxy) is 1. The summed E-state index contributed by atoms with van der Waals surface area (Å²) in [6.07, 6.45) is 1.77. The number of rotatable bonds is 4. The van der Waals surface area contributed by atoms with Crippen molar-refractivity contribution in [3.05, 3.63) is 52.5 Å². The zero-order valence-corrected chi connectivity index (χ0v) is 14.2. The van der Waals surface area contributed by atoms with E-state index in [0.29, 0.717) is 17.2 Å². The van der Waals surface area contributed by atoms with Crippen LogP contribution in [-0.4, -0.2) is 15.0 Å². The topological polar surface area (TPSA) is 111 Å². The van der Waals surface area contributed by atoms with Crippen LogP contribution in [0.25, 0.3) is 11.5 Å². The fraction of sp³-hybridized carbons (Fsp3) is 0.222. The average Bonchev–Trinajstić information content (AvgIpc) is 3.00. The molecular weight excluding hydrogens is 318 g/mol. The molecule has 2 N–H and O–H groups in total. The number of anilines is 1. The van der Waals surface area contributed by atoms with E-state index in [1.165, 1.54) is 0 Å². The molecule has 0 aliphatic carbocycles. The Kier molecular flexibility index (Phi) is 4.35. The van der Waals surface area contributed by atoms with Crippen molar-refractivity contribution in [3.8, 4) is 23.4 Å². The van der Waals surface area contributed by atoms with E-state index in [0.717, 1.165) is 16.8 Å². The molecule has 7 nitrogen and oxygen atoms in total. The summed E-state index contributed by atoms with van der Waals surface area (Å²) in [4.78, 5) is 12.5. The third-order valence-electron chi connectivity index (χ3n) is 3.65. The third kappa shape index (κ3) is 3.43. The Morgan fingerprint density at radius 2 is 2.04 bits per heavy atom. The molecule has 0 aromatic carbocycles. The summed E-state index contributed by atoms with van der Waals surface area (Å²) in [5, 5.41) is 9.54. The van der Waals surface area contributed by atoms with Crippen LogP contribution in [0, 0.1) is 32.1 Å². The molecule has 126 valence electrons. The Labute approximate surface area is 145 Å². The second-order valence-corrected chi connectivity index (χ2v) is 5.70. The molecule has 0 saturated carbocycles. The highest BCUT2D eigenvalue weighted by Crippen LogP contribution is 2.29. The molecule has 0 unspecified atom stereocenters. The van der Waals surface area contributed by atoms with E-state index in [4.69, 9.17) is 14.9 Å². The molecule has 0 saturated heterocycles. The summed E-state index contributed by atoms with van der Waals surface area (Å²) in [5.41, 5.74) is 9.10. The average molecular weight is 335 g/mol. The van der Waals surface area contributed by atoms with Crippen LogP contribution in [-0.2, 0) is 6.61 Å². The van der Waals surface area contributed by atoms with Gasteiger partial charge in [0.1, 0.15) is 29.7 Å². The third-order valence-corrected chi connectivity index (χ3v) is 3.65. The number of furan rings is 1. The maximum absolute atomic E-state index is 9.54. The Morgan fingerprint density at radius 1 is 1.24 bits per heavy atom. The van der Waals surface area contributed by atoms with Crippen molar-refractivity contribution < 1.29 is 9.15 Å². The van der Waals surface area contributed by atoms with Crippen molar-refractivity contribution in [1.82, 2.24) is 15.0 Å². The van der Waals surface area contributed by atoms with E-state index in [9.17, 15) is 5.26 Å². The van der Waals surface area contributed by atoms with Crippen LogP contribution in [0.3, 0.4) is 0 Å². The highest BCUT2D eigenvalue weighted by Gasteiger charge is 2.19. The van der Waals surface area contributed by atoms with Crippen LogP contribution in [0.2, 0.25) is 0 Å². The van der Waals surface area contributed by atoms with Crippen molar-refractivity contribution in [2.45, 2.75) is 27.4 Å². The monoisotopic (exact) mass is 335 g/mol. The Hall–Kier alpha value is -3.40. The van der Waals surface area contributed by atoms with Crippen molar-refractivity contribution in [1.29, 1.82) is 5.26 Å². The zero-order valence-electron chi connectivity index (χ0n) is 14.2. The van der Waals surface area contributed by atoms with Crippen molar-refractivity contribution in [2.24, 2.45) is 0 Å². The first kappa shape index (κ1) is 16.5. The van der Waals surface area contributed by atoms with Crippen LogP contribution in [0.5, 0.6) is 5.88 Å². The summed E-state index contributed by atoms with van der Waals surface area (Å²) >= 11 is 0. The number of nitriles is 1. The lowest BCUT2D eigenvalue weighted by Crippen LogP contribution is -2.07. The van der Waals surface area contributed by atoms with Gasteiger partial charge in [-0.05, 0) is 44.0 Å². The van der Waals surface area contributed by atoms with Crippen molar-refractivity contribution in [2.75, 3.05) is 5.73 Å². The molecule has 25 heavy (non-hydrogen) atoms. The van der Waals surface area contributed by atoms with E-state index in [1.54, 1.807) is 18.3 Å². The van der Waals surface area contributed by atoms with Gasteiger partial charge in [-0.3, -0.25) is 4.98 Å². The zero-order chi connectivity index (χ0) is 18.0. The number of nitrogens with two attached hydrogens (primary N) is 1. The van der Waals surface area contributed by atoms with E-state index in [-0.39, 0.29) is 24.0 Å². The first-order chi connectivity index (χ1) is 12.0. The van der Waals surface area contributed by atoms with Crippen LogP contribution in [0.1, 0.15) is 28.1 Å².